The number of aryl methyl sites for hydroxylation is 1. The highest BCUT2D eigenvalue weighted by atomic mass is 15.1. The monoisotopic (exact) mass is 92.1 g/mol. The summed E-state index contributed by atoms with van der Waals surface area (Å²) >= 11 is 0. The van der Waals surface area contributed by atoms with Crippen LogP contribution < -0.4 is 5.46 Å². The Morgan fingerprint density at radius 1 is 1.86 bits per heavy atom. The lowest BCUT2D eigenvalue weighted by Crippen LogP contribution is -2.00. The van der Waals surface area contributed by atoms with Gasteiger partial charge in [-0.2, -0.15) is 5.10 Å². The standard InChI is InChI=1S/C4H5BN2/c1-3-4(5)2-6-7-3/h2H,1H3,(H,6,7). The van der Waals surface area contributed by atoms with Gasteiger partial charge in [0.2, 0.25) is 0 Å². The molecule has 0 aromatic carbocycles. The van der Waals surface area contributed by atoms with E-state index in [-0.39, 0.29) is 0 Å². The zero-order valence-corrected chi connectivity index (χ0v) is 4.10. The van der Waals surface area contributed by atoms with Crippen LogP contribution in [0.15, 0.2) is 6.20 Å². The fourth-order valence-electron chi connectivity index (χ4n) is 0.360. The molecule has 0 fully saturated rings. The molecule has 0 aliphatic rings. The number of hydrogen-bond donors (Lipinski definition) is 1. The lowest BCUT2D eigenvalue weighted by atomic mass is 9.98. The molecular formula is C4H5BN2. The van der Waals surface area contributed by atoms with E-state index in [4.69, 9.17) is 7.85 Å². The smallest absolute Gasteiger partial charge is 0.118 e. The van der Waals surface area contributed by atoms with E-state index in [0.717, 1.165) is 11.2 Å². The van der Waals surface area contributed by atoms with Gasteiger partial charge in [0, 0.05) is 11.9 Å². The Hall–Kier alpha value is -0.725. The summed E-state index contributed by atoms with van der Waals surface area (Å²) in [5.41, 5.74) is 1.65. The largest absolute Gasteiger partial charge is 0.283 e. The number of aromatic nitrogens is 2. The van der Waals surface area contributed by atoms with Crippen LogP contribution in [0.4, 0.5) is 0 Å². The highest BCUT2D eigenvalue weighted by molar-refractivity contribution is 6.32. The third-order valence-corrected chi connectivity index (χ3v) is 0.869. The predicted octanol–water partition coefficient (Wildman–Crippen LogP) is -0.488. The van der Waals surface area contributed by atoms with Crippen LogP contribution in [0.1, 0.15) is 5.69 Å². The molecule has 1 rings (SSSR count). The molecule has 2 nitrogen and oxygen atoms in total. The number of aromatic amines is 1. The lowest BCUT2D eigenvalue weighted by molar-refractivity contribution is 1.05. The molecule has 0 amide bonds. The van der Waals surface area contributed by atoms with Gasteiger partial charge in [-0.15, -0.1) is 0 Å². The van der Waals surface area contributed by atoms with Gasteiger partial charge in [0.25, 0.3) is 0 Å². The number of H-pyrrole nitrogens is 1. The second-order valence-electron chi connectivity index (χ2n) is 1.45. The zero-order chi connectivity index (χ0) is 5.28. The zero-order valence-electron chi connectivity index (χ0n) is 4.10. The molecule has 7 heavy (non-hydrogen) atoms. The first-order valence-corrected chi connectivity index (χ1v) is 2.06. The molecule has 1 aromatic heterocycles. The van der Waals surface area contributed by atoms with Crippen LogP contribution in [0.5, 0.6) is 0 Å². The van der Waals surface area contributed by atoms with Crippen molar-refractivity contribution in [2.45, 2.75) is 6.92 Å². The SMILES string of the molecule is [B]c1cn[nH]c1C. The van der Waals surface area contributed by atoms with Crippen molar-refractivity contribution in [2.75, 3.05) is 0 Å². The summed E-state index contributed by atoms with van der Waals surface area (Å²) in [6, 6.07) is 0. The van der Waals surface area contributed by atoms with E-state index < -0.39 is 0 Å². The number of nitrogens with one attached hydrogen (secondary N) is 1. The normalized spacial score (nSPS) is 9.29. The third kappa shape index (κ3) is 0.658. The van der Waals surface area contributed by atoms with E-state index in [2.05, 4.69) is 10.2 Å². The number of nitrogens with zero attached hydrogens (tertiary/aromatic N) is 1. The van der Waals surface area contributed by atoms with Gasteiger partial charge in [-0.1, -0.05) is 5.46 Å². The van der Waals surface area contributed by atoms with Gasteiger partial charge in [0.15, 0.2) is 0 Å². The van der Waals surface area contributed by atoms with Crippen molar-refractivity contribution >= 4 is 13.3 Å². The van der Waals surface area contributed by atoms with Crippen LogP contribution in [0.3, 0.4) is 0 Å². The summed E-state index contributed by atoms with van der Waals surface area (Å²) < 4.78 is 0. The molecule has 1 N–H and O–H groups in total. The van der Waals surface area contributed by atoms with Gasteiger partial charge in [-0.25, -0.2) is 0 Å². The molecular weight excluding hydrogens is 86.9 g/mol. The molecule has 3 heteroatoms. The minimum atomic E-state index is 0.722. The van der Waals surface area contributed by atoms with Gasteiger partial charge in [-0.3, -0.25) is 5.10 Å². The summed E-state index contributed by atoms with van der Waals surface area (Å²) in [6.45, 7) is 1.88. The second-order valence-corrected chi connectivity index (χ2v) is 1.45. The first-order chi connectivity index (χ1) is 3.30. The highest BCUT2D eigenvalue weighted by Crippen LogP contribution is 1.77. The molecule has 0 saturated carbocycles. The van der Waals surface area contributed by atoms with E-state index in [1.54, 1.807) is 6.20 Å². The quantitative estimate of drug-likeness (QED) is 0.430. The van der Waals surface area contributed by atoms with Crippen molar-refractivity contribution in [1.82, 2.24) is 10.2 Å². The molecule has 0 atom stereocenters. The van der Waals surface area contributed by atoms with Crippen molar-refractivity contribution in [1.29, 1.82) is 0 Å². The maximum atomic E-state index is 5.35. The van der Waals surface area contributed by atoms with Crippen molar-refractivity contribution in [3.8, 4) is 0 Å². The lowest BCUT2D eigenvalue weighted by Gasteiger charge is -1.79. The summed E-state index contributed by atoms with van der Waals surface area (Å²) in [7, 11) is 5.35. The molecule has 34 valence electrons. The molecule has 0 unspecified atom stereocenters. The highest BCUT2D eigenvalue weighted by Gasteiger charge is 1.86. The fourth-order valence-corrected chi connectivity index (χ4v) is 0.360. The van der Waals surface area contributed by atoms with Crippen LogP contribution in [0.25, 0.3) is 0 Å². The van der Waals surface area contributed by atoms with Crippen molar-refractivity contribution < 1.29 is 0 Å². The Morgan fingerprint density at radius 3 is 2.71 bits per heavy atom. The van der Waals surface area contributed by atoms with Crippen LogP contribution in [-0.4, -0.2) is 18.0 Å². The average molecular weight is 91.9 g/mol. The predicted molar refractivity (Wildman–Crippen MR) is 28.7 cm³/mol. The molecule has 1 heterocycles. The van der Waals surface area contributed by atoms with Crippen LogP contribution in [0.2, 0.25) is 0 Å². The Kier molecular flexibility index (Phi) is 0.892. The summed E-state index contributed by atoms with van der Waals surface area (Å²) in [5, 5.41) is 6.36. The van der Waals surface area contributed by atoms with E-state index in [1.165, 1.54) is 0 Å². The fraction of sp³-hybridized carbons (Fsp3) is 0.250. The summed E-state index contributed by atoms with van der Waals surface area (Å²) in [4.78, 5) is 0. The maximum Gasteiger partial charge on any atom is 0.118 e. The van der Waals surface area contributed by atoms with Crippen molar-refractivity contribution in [2.24, 2.45) is 0 Å². The van der Waals surface area contributed by atoms with E-state index in [1.807, 2.05) is 6.92 Å². The minimum Gasteiger partial charge on any atom is -0.283 e. The molecule has 1 aromatic rings. The minimum absolute atomic E-state index is 0.722. The Morgan fingerprint density at radius 2 is 2.57 bits per heavy atom. The second kappa shape index (κ2) is 1.41. The van der Waals surface area contributed by atoms with Crippen LogP contribution in [-0.2, 0) is 0 Å². The first kappa shape index (κ1) is 4.43. The maximum absolute atomic E-state index is 5.35. The summed E-state index contributed by atoms with van der Waals surface area (Å²) in [5.74, 6) is 0. The molecule has 2 radical (unpaired) electrons. The average Bonchev–Trinajstić information content (AvgIpc) is 1.91. The van der Waals surface area contributed by atoms with E-state index >= 15 is 0 Å². The molecule has 0 bridgehead atoms. The Bertz CT molecular complexity index is 142. The van der Waals surface area contributed by atoms with Gasteiger partial charge >= 0.3 is 0 Å². The summed E-state index contributed by atoms with van der Waals surface area (Å²) in [6.07, 6.45) is 1.59. The number of rotatable bonds is 0. The van der Waals surface area contributed by atoms with E-state index in [9.17, 15) is 0 Å². The van der Waals surface area contributed by atoms with Crippen molar-refractivity contribution in [3.63, 3.8) is 0 Å². The van der Waals surface area contributed by atoms with Crippen LogP contribution in [0, 0.1) is 6.92 Å². The third-order valence-electron chi connectivity index (χ3n) is 0.869. The van der Waals surface area contributed by atoms with Gasteiger partial charge in [-0.05, 0) is 6.92 Å². The molecule has 0 spiro atoms. The Labute approximate surface area is 43.3 Å². The topological polar surface area (TPSA) is 28.7 Å². The Balaban J connectivity index is 3.12. The van der Waals surface area contributed by atoms with Gasteiger partial charge in [0.1, 0.15) is 7.85 Å². The first-order valence-electron chi connectivity index (χ1n) is 2.06. The van der Waals surface area contributed by atoms with Crippen molar-refractivity contribution in [3.05, 3.63) is 11.9 Å². The van der Waals surface area contributed by atoms with Gasteiger partial charge in [0.05, 0.1) is 0 Å². The molecule has 0 saturated heterocycles. The van der Waals surface area contributed by atoms with Gasteiger partial charge < -0.3 is 0 Å². The molecule has 0 aliphatic heterocycles. The van der Waals surface area contributed by atoms with E-state index in [0.29, 0.717) is 0 Å². The van der Waals surface area contributed by atoms with Crippen LogP contribution >= 0.6 is 0 Å². The number of hydrogen-bond acceptors (Lipinski definition) is 1. The molecule has 0 aliphatic carbocycles.